The van der Waals surface area contributed by atoms with Crippen molar-refractivity contribution < 1.29 is 4.74 Å². The molecule has 6 nitrogen and oxygen atoms in total. The Kier molecular flexibility index (Phi) is 4.34. The van der Waals surface area contributed by atoms with Crippen LogP contribution in [0.5, 0.6) is 5.75 Å². The summed E-state index contributed by atoms with van der Waals surface area (Å²) in [5.74, 6) is 0.699. The molecule has 0 bridgehead atoms. The van der Waals surface area contributed by atoms with E-state index >= 15 is 0 Å². The first kappa shape index (κ1) is 15.9. The molecule has 2 N–H and O–H groups in total. The molecule has 0 fully saturated rings. The van der Waals surface area contributed by atoms with Crippen LogP contribution in [0.15, 0.2) is 6.20 Å². The first-order valence-electron chi connectivity index (χ1n) is 6.97. The molecule has 0 radical (unpaired) electrons. The monoisotopic (exact) mass is 309 g/mol. The lowest BCUT2D eigenvalue weighted by molar-refractivity contribution is 0.400. The summed E-state index contributed by atoms with van der Waals surface area (Å²) in [5.41, 5.74) is 8.20. The minimum atomic E-state index is -0.348. The highest BCUT2D eigenvalue weighted by molar-refractivity contribution is 7.05. The predicted octanol–water partition coefficient (Wildman–Crippen LogP) is 2.67. The first-order valence-corrected chi connectivity index (χ1v) is 7.74. The summed E-state index contributed by atoms with van der Waals surface area (Å²) in [6.07, 6.45) is 1.71. The van der Waals surface area contributed by atoms with Gasteiger partial charge in [-0.15, -0.1) is 5.10 Å². The van der Waals surface area contributed by atoms with E-state index in [-0.39, 0.29) is 17.5 Å². The fraction of sp³-hybridized carbons (Fsp3) is 0.643. The normalized spacial score (nSPS) is 13.7. The van der Waals surface area contributed by atoms with Gasteiger partial charge >= 0.3 is 0 Å². The maximum Gasteiger partial charge on any atom is 0.161 e. The Morgan fingerprint density at radius 2 is 2.00 bits per heavy atom. The molecular formula is C14H23N5OS. The summed E-state index contributed by atoms with van der Waals surface area (Å²) < 4.78 is 11.4. The van der Waals surface area contributed by atoms with Gasteiger partial charge in [-0.05, 0) is 25.4 Å². The summed E-state index contributed by atoms with van der Waals surface area (Å²) in [7, 11) is 1.63. The number of aromatic nitrogens is 4. The average molecular weight is 309 g/mol. The van der Waals surface area contributed by atoms with Gasteiger partial charge in [0.25, 0.3) is 0 Å². The Morgan fingerprint density at radius 3 is 2.52 bits per heavy atom. The van der Waals surface area contributed by atoms with Crippen LogP contribution in [0.1, 0.15) is 63.0 Å². The minimum absolute atomic E-state index is 0.101. The van der Waals surface area contributed by atoms with Crippen LogP contribution in [-0.2, 0) is 5.41 Å². The molecule has 2 aromatic heterocycles. The van der Waals surface area contributed by atoms with Crippen molar-refractivity contribution in [1.82, 2.24) is 19.4 Å². The number of methoxy groups -OCH3 is 1. The van der Waals surface area contributed by atoms with Crippen LogP contribution in [0.25, 0.3) is 0 Å². The van der Waals surface area contributed by atoms with Crippen LogP contribution >= 0.6 is 11.5 Å². The number of hydrogen-bond acceptors (Lipinski definition) is 6. The molecular weight excluding hydrogens is 286 g/mol. The maximum atomic E-state index is 6.51. The highest BCUT2D eigenvalue weighted by Crippen LogP contribution is 2.36. The highest BCUT2D eigenvalue weighted by Gasteiger charge is 2.30. The van der Waals surface area contributed by atoms with E-state index in [0.29, 0.717) is 5.75 Å². The molecule has 0 spiro atoms. The third-order valence-corrected chi connectivity index (χ3v) is 4.12. The van der Waals surface area contributed by atoms with Gasteiger partial charge in [0.05, 0.1) is 29.9 Å². The third kappa shape index (κ3) is 2.94. The molecule has 1 atom stereocenters. The molecule has 0 saturated carbocycles. The van der Waals surface area contributed by atoms with Crippen LogP contribution < -0.4 is 10.5 Å². The fourth-order valence-corrected chi connectivity index (χ4v) is 3.14. The van der Waals surface area contributed by atoms with Gasteiger partial charge in [0.15, 0.2) is 5.75 Å². The lowest BCUT2D eigenvalue weighted by atomic mass is 9.89. The second-order valence-corrected chi connectivity index (χ2v) is 7.14. The summed E-state index contributed by atoms with van der Waals surface area (Å²) in [6, 6.07) is -0.145. The molecule has 0 aromatic carbocycles. The lowest BCUT2D eigenvalue weighted by Crippen LogP contribution is -2.23. The second-order valence-electron chi connectivity index (χ2n) is 6.35. The molecule has 0 amide bonds. The van der Waals surface area contributed by atoms with Crippen molar-refractivity contribution in [3.05, 3.63) is 22.5 Å². The van der Waals surface area contributed by atoms with Gasteiger partial charge < -0.3 is 10.5 Å². The van der Waals surface area contributed by atoms with E-state index in [0.717, 1.165) is 16.3 Å². The van der Waals surface area contributed by atoms with E-state index in [4.69, 9.17) is 10.5 Å². The van der Waals surface area contributed by atoms with Gasteiger partial charge in [-0.25, -0.2) is 0 Å². The minimum Gasteiger partial charge on any atom is -0.493 e. The van der Waals surface area contributed by atoms with Crippen molar-refractivity contribution in [1.29, 1.82) is 0 Å². The summed E-state index contributed by atoms with van der Waals surface area (Å²) in [6.45, 7) is 10.5. The number of nitrogens with zero attached hydrogens (tertiary/aromatic N) is 4. The van der Waals surface area contributed by atoms with Crippen LogP contribution in [0.3, 0.4) is 0 Å². The molecule has 0 aliphatic rings. The van der Waals surface area contributed by atoms with Crippen molar-refractivity contribution in [2.24, 2.45) is 5.73 Å². The Balaban J connectivity index is 2.53. The predicted molar refractivity (Wildman–Crippen MR) is 83.8 cm³/mol. The molecule has 0 saturated heterocycles. The summed E-state index contributed by atoms with van der Waals surface area (Å²) in [4.78, 5) is 0.961. The van der Waals surface area contributed by atoms with Gasteiger partial charge in [0, 0.05) is 11.5 Å². The standard InChI is InChI=1S/C14H23N5OS/c1-8(2)19-11(9(20-6)7-16-19)10(15)12-13(14(3,4)5)17-18-21-12/h7-8,10H,15H2,1-6H3. The van der Waals surface area contributed by atoms with Gasteiger partial charge in [-0.3, -0.25) is 4.68 Å². The average Bonchev–Trinajstić information content (AvgIpc) is 3.03. The van der Waals surface area contributed by atoms with Gasteiger partial charge in [-0.1, -0.05) is 25.3 Å². The van der Waals surface area contributed by atoms with E-state index in [1.54, 1.807) is 13.3 Å². The van der Waals surface area contributed by atoms with Crippen molar-refractivity contribution in [3.63, 3.8) is 0 Å². The Hall–Kier alpha value is -1.47. The van der Waals surface area contributed by atoms with Crippen LogP contribution in [-0.4, -0.2) is 26.5 Å². The number of hydrogen-bond donors (Lipinski definition) is 1. The number of rotatable bonds is 4. The van der Waals surface area contributed by atoms with Crippen molar-refractivity contribution in [2.75, 3.05) is 7.11 Å². The Morgan fingerprint density at radius 1 is 1.33 bits per heavy atom. The zero-order valence-corrected chi connectivity index (χ0v) is 14.2. The maximum absolute atomic E-state index is 6.51. The largest absolute Gasteiger partial charge is 0.493 e. The second kappa shape index (κ2) is 5.73. The topological polar surface area (TPSA) is 78.9 Å². The zero-order chi connectivity index (χ0) is 15.8. The van der Waals surface area contributed by atoms with Gasteiger partial charge in [0.1, 0.15) is 5.69 Å². The Bertz CT molecular complexity index is 611. The quantitative estimate of drug-likeness (QED) is 0.939. The molecule has 2 heterocycles. The first-order chi connectivity index (χ1) is 9.77. The molecule has 2 aromatic rings. The molecule has 0 aliphatic carbocycles. The number of nitrogens with two attached hydrogens (primary N) is 1. The molecule has 116 valence electrons. The summed E-state index contributed by atoms with van der Waals surface area (Å²) in [5, 5.41) is 8.65. The van der Waals surface area contributed by atoms with Gasteiger partial charge in [0.2, 0.25) is 0 Å². The van der Waals surface area contributed by atoms with Crippen LogP contribution in [0.2, 0.25) is 0 Å². The van der Waals surface area contributed by atoms with E-state index in [1.165, 1.54) is 11.5 Å². The third-order valence-electron chi connectivity index (χ3n) is 3.31. The molecule has 1 unspecified atom stereocenters. The summed E-state index contributed by atoms with van der Waals surface area (Å²) >= 11 is 1.34. The van der Waals surface area contributed by atoms with Crippen LogP contribution in [0.4, 0.5) is 0 Å². The van der Waals surface area contributed by atoms with E-state index in [2.05, 4.69) is 49.3 Å². The molecule has 21 heavy (non-hydrogen) atoms. The van der Waals surface area contributed by atoms with Crippen molar-refractivity contribution >= 4 is 11.5 Å². The van der Waals surface area contributed by atoms with Crippen LogP contribution in [0, 0.1) is 0 Å². The SMILES string of the molecule is COc1cnn(C(C)C)c1C(N)c1snnc1C(C)(C)C. The highest BCUT2D eigenvalue weighted by atomic mass is 32.1. The van der Waals surface area contributed by atoms with Crippen molar-refractivity contribution in [2.45, 2.75) is 52.1 Å². The van der Waals surface area contributed by atoms with E-state index in [1.807, 2.05) is 4.68 Å². The van der Waals surface area contributed by atoms with Crippen molar-refractivity contribution in [3.8, 4) is 5.75 Å². The molecule has 2 rings (SSSR count). The molecule has 7 heteroatoms. The molecule has 0 aliphatic heterocycles. The zero-order valence-electron chi connectivity index (χ0n) is 13.4. The fourth-order valence-electron chi connectivity index (χ4n) is 2.27. The van der Waals surface area contributed by atoms with E-state index in [9.17, 15) is 0 Å². The van der Waals surface area contributed by atoms with E-state index < -0.39 is 0 Å². The van der Waals surface area contributed by atoms with Gasteiger partial charge in [-0.2, -0.15) is 5.10 Å². The smallest absolute Gasteiger partial charge is 0.161 e. The lowest BCUT2D eigenvalue weighted by Gasteiger charge is -2.21. The Labute approximate surface area is 129 Å². The number of ether oxygens (including phenoxy) is 1.